The largest absolute Gasteiger partial charge is 0.394 e. The molecule has 0 aromatic carbocycles. The van der Waals surface area contributed by atoms with Crippen molar-refractivity contribution < 1.29 is 25.5 Å². The van der Waals surface area contributed by atoms with Crippen LogP contribution in [0.15, 0.2) is 0 Å². The molecule has 0 unspecified atom stereocenters. The van der Waals surface area contributed by atoms with E-state index in [0.29, 0.717) is 0 Å². The van der Waals surface area contributed by atoms with E-state index >= 15 is 0 Å². The summed E-state index contributed by atoms with van der Waals surface area (Å²) in [4.78, 5) is 0. The predicted molar refractivity (Wildman–Crippen MR) is 34.1 cm³/mol. The molecule has 0 spiro atoms. The molecule has 0 heterocycles. The maximum absolute atomic E-state index is 8.17. The van der Waals surface area contributed by atoms with Crippen LogP contribution < -0.4 is 0 Å². The van der Waals surface area contributed by atoms with E-state index in [2.05, 4.69) is 0 Å². The lowest BCUT2D eigenvalue weighted by molar-refractivity contribution is -0.0228. The Hall–Kier alpha value is -0.200. The molecule has 0 aliphatic carbocycles. The molecule has 0 aliphatic heterocycles. The van der Waals surface area contributed by atoms with Crippen molar-refractivity contribution in [3.05, 3.63) is 0 Å². The molecular weight excluding hydrogens is 140 g/mol. The fourth-order valence-electron chi connectivity index (χ4n) is 0.0577. The zero-order valence-corrected chi connectivity index (χ0v) is 5.80. The summed E-state index contributed by atoms with van der Waals surface area (Å²) in [6.07, 6.45) is -2.12. The highest BCUT2D eigenvalue weighted by atomic mass is 16.5. The van der Waals surface area contributed by atoms with Crippen LogP contribution >= 0.6 is 0 Å². The van der Waals surface area contributed by atoms with Gasteiger partial charge in [0.2, 0.25) is 0 Å². The van der Waals surface area contributed by atoms with Crippen molar-refractivity contribution in [2.75, 3.05) is 13.2 Å². The van der Waals surface area contributed by atoms with Crippen molar-refractivity contribution in [2.24, 2.45) is 0 Å². The smallest absolute Gasteiger partial charge is 0.148 e. The molecule has 5 nitrogen and oxygen atoms in total. The minimum atomic E-state index is -1.17. The van der Waals surface area contributed by atoms with Crippen molar-refractivity contribution in [2.45, 2.75) is 19.3 Å². The topological polar surface area (TPSA) is 101 Å². The van der Waals surface area contributed by atoms with Crippen LogP contribution in [0.5, 0.6) is 0 Å². The van der Waals surface area contributed by atoms with E-state index in [-0.39, 0.29) is 13.2 Å². The van der Waals surface area contributed by atoms with E-state index in [4.69, 9.17) is 25.5 Å². The van der Waals surface area contributed by atoms with Crippen LogP contribution in [0, 0.1) is 0 Å². The molecule has 0 saturated heterocycles. The molecule has 5 heteroatoms. The van der Waals surface area contributed by atoms with Gasteiger partial charge in [0.15, 0.2) is 0 Å². The van der Waals surface area contributed by atoms with Gasteiger partial charge in [-0.15, -0.1) is 0 Å². The Balaban J connectivity index is 0. The fourth-order valence-corrected chi connectivity index (χ4v) is 0.0577. The van der Waals surface area contributed by atoms with Crippen LogP contribution in [-0.2, 0) is 0 Å². The van der Waals surface area contributed by atoms with Gasteiger partial charge in [-0.2, -0.15) is 0 Å². The number of hydrogen-bond donors (Lipinski definition) is 5. The predicted octanol–water partition coefficient (Wildman–Crippen LogP) is -2.35. The van der Waals surface area contributed by atoms with E-state index in [0.717, 1.165) is 0 Å². The highest BCUT2D eigenvalue weighted by molar-refractivity contribution is 4.43. The molecule has 0 fully saturated rings. The average molecular weight is 154 g/mol. The van der Waals surface area contributed by atoms with Gasteiger partial charge in [-0.1, -0.05) is 0 Å². The first-order valence-corrected chi connectivity index (χ1v) is 2.80. The van der Waals surface area contributed by atoms with E-state index < -0.39 is 12.4 Å². The second kappa shape index (κ2) is 8.80. The van der Waals surface area contributed by atoms with Gasteiger partial charge in [0, 0.05) is 0 Å². The summed E-state index contributed by atoms with van der Waals surface area (Å²) in [7, 11) is 0. The highest BCUT2D eigenvalue weighted by Gasteiger charge is 1.93. The molecule has 0 atom stereocenters. The van der Waals surface area contributed by atoms with Crippen LogP contribution in [0.1, 0.15) is 6.92 Å². The highest BCUT2D eigenvalue weighted by Crippen LogP contribution is 1.71. The Bertz CT molecular complexity index is 49.2. The van der Waals surface area contributed by atoms with Crippen LogP contribution in [0.3, 0.4) is 0 Å². The lowest BCUT2D eigenvalue weighted by Crippen LogP contribution is -2.15. The van der Waals surface area contributed by atoms with Crippen molar-refractivity contribution in [3.63, 3.8) is 0 Å². The summed E-state index contributed by atoms with van der Waals surface area (Å²) in [6, 6.07) is 0. The second-order valence-corrected chi connectivity index (χ2v) is 1.65. The van der Waals surface area contributed by atoms with Crippen LogP contribution in [0.2, 0.25) is 0 Å². The zero-order chi connectivity index (χ0) is 8.57. The Labute approximate surface area is 59.2 Å². The summed E-state index contributed by atoms with van der Waals surface area (Å²) < 4.78 is 0. The first-order chi connectivity index (χ1) is 4.54. The normalized spacial score (nSPS) is 9.60. The lowest BCUT2D eigenvalue weighted by Gasteiger charge is -1.96. The molecule has 0 radical (unpaired) electrons. The van der Waals surface area contributed by atoms with E-state index in [1.807, 2.05) is 0 Å². The van der Waals surface area contributed by atoms with Gasteiger partial charge in [0.05, 0.1) is 13.2 Å². The standard InChI is InChI=1S/C3H8O3.C2H6O2/c4-1-3(6)2-5;1-2(3)4/h3-6H,1-2H2;2-4H,1H3. The molecule has 0 aromatic heterocycles. The van der Waals surface area contributed by atoms with E-state index in [9.17, 15) is 0 Å². The summed E-state index contributed by atoms with van der Waals surface area (Å²) >= 11 is 0. The molecule has 5 N–H and O–H groups in total. The van der Waals surface area contributed by atoms with Gasteiger partial charge < -0.3 is 25.5 Å². The van der Waals surface area contributed by atoms with Gasteiger partial charge in [-0.25, -0.2) is 0 Å². The summed E-state index contributed by atoms with van der Waals surface area (Å²) in [5.41, 5.74) is 0. The number of aliphatic hydroxyl groups excluding tert-OH is 4. The third-order valence-electron chi connectivity index (χ3n) is 0.421. The molecule has 0 aliphatic rings. The zero-order valence-electron chi connectivity index (χ0n) is 5.80. The van der Waals surface area contributed by atoms with Crippen LogP contribution in [0.25, 0.3) is 0 Å². The van der Waals surface area contributed by atoms with Crippen LogP contribution in [-0.4, -0.2) is 51.1 Å². The van der Waals surface area contributed by atoms with Gasteiger partial charge >= 0.3 is 0 Å². The van der Waals surface area contributed by atoms with Crippen molar-refractivity contribution >= 4 is 0 Å². The monoisotopic (exact) mass is 154 g/mol. The first-order valence-electron chi connectivity index (χ1n) is 2.80. The Kier molecular flexibility index (Phi) is 11.0. The van der Waals surface area contributed by atoms with Gasteiger partial charge in [-0.05, 0) is 6.92 Å². The second-order valence-electron chi connectivity index (χ2n) is 1.65. The van der Waals surface area contributed by atoms with Gasteiger partial charge in [0.1, 0.15) is 12.4 Å². The Morgan fingerprint density at radius 1 is 1.00 bits per heavy atom. The van der Waals surface area contributed by atoms with Gasteiger partial charge in [0.25, 0.3) is 0 Å². The van der Waals surface area contributed by atoms with Crippen molar-refractivity contribution in [1.82, 2.24) is 0 Å². The summed E-state index contributed by atoms with van der Waals surface area (Å²) in [5.74, 6) is 0. The molecule has 0 bridgehead atoms. The van der Waals surface area contributed by atoms with Crippen molar-refractivity contribution in [1.29, 1.82) is 0 Å². The molecule has 0 saturated carbocycles. The quantitative estimate of drug-likeness (QED) is 0.287. The lowest BCUT2D eigenvalue weighted by atomic mass is 10.4. The first kappa shape index (κ1) is 12.5. The molecule has 0 rings (SSSR count). The van der Waals surface area contributed by atoms with E-state index in [1.165, 1.54) is 6.92 Å². The third kappa shape index (κ3) is 25.0. The summed E-state index contributed by atoms with van der Waals surface area (Å²) in [5, 5.41) is 39.2. The van der Waals surface area contributed by atoms with E-state index in [1.54, 1.807) is 0 Å². The SMILES string of the molecule is CC(O)O.OCC(O)CO. The third-order valence-corrected chi connectivity index (χ3v) is 0.421. The molecular formula is C5H14O5. The molecule has 0 amide bonds. The molecule has 64 valence electrons. The number of aliphatic hydroxyl groups is 5. The van der Waals surface area contributed by atoms with Gasteiger partial charge in [-0.3, -0.25) is 0 Å². The minimum Gasteiger partial charge on any atom is -0.394 e. The fraction of sp³-hybridized carbons (Fsp3) is 1.00. The molecule has 10 heavy (non-hydrogen) atoms. The minimum absolute atomic E-state index is 0.365. The number of hydrogen-bond acceptors (Lipinski definition) is 5. The number of rotatable bonds is 2. The summed E-state index contributed by atoms with van der Waals surface area (Å²) in [6.45, 7) is 0.549. The van der Waals surface area contributed by atoms with Crippen LogP contribution in [0.4, 0.5) is 0 Å². The van der Waals surface area contributed by atoms with Crippen molar-refractivity contribution in [3.8, 4) is 0 Å². The average Bonchev–Trinajstić information content (AvgIpc) is 1.85. The Morgan fingerprint density at radius 2 is 1.20 bits per heavy atom. The maximum atomic E-state index is 8.17. The Morgan fingerprint density at radius 3 is 1.20 bits per heavy atom. The molecule has 0 aromatic rings. The maximum Gasteiger partial charge on any atom is 0.148 e.